The van der Waals surface area contributed by atoms with Crippen molar-refractivity contribution in [3.63, 3.8) is 0 Å². The van der Waals surface area contributed by atoms with Crippen LogP contribution in [0.4, 0.5) is 11.4 Å². The number of rotatable bonds is 9. The van der Waals surface area contributed by atoms with Gasteiger partial charge in [-0.1, -0.05) is 69.7 Å². The van der Waals surface area contributed by atoms with Crippen molar-refractivity contribution >= 4 is 11.4 Å². The lowest BCUT2D eigenvalue weighted by molar-refractivity contribution is 0.186. The van der Waals surface area contributed by atoms with Gasteiger partial charge in [-0.25, -0.2) is 0 Å². The lowest BCUT2D eigenvalue weighted by atomic mass is 9.86. The number of para-hydroxylation sites is 1. The molecule has 33 heavy (non-hydrogen) atoms. The fourth-order valence-electron chi connectivity index (χ4n) is 5.43. The van der Waals surface area contributed by atoms with E-state index in [4.69, 9.17) is 4.74 Å². The molecule has 2 heteroatoms. The molecule has 0 aromatic heterocycles. The molecule has 2 nitrogen and oxygen atoms in total. The van der Waals surface area contributed by atoms with Crippen LogP contribution in [-0.4, -0.2) is 6.61 Å². The van der Waals surface area contributed by atoms with Gasteiger partial charge in [0.2, 0.25) is 0 Å². The minimum Gasteiger partial charge on any atom is -0.493 e. The molecule has 0 aliphatic heterocycles. The summed E-state index contributed by atoms with van der Waals surface area (Å²) in [6, 6.07) is 28.1. The molecule has 1 fully saturated rings. The molecular formula is C31H39NO. The van der Waals surface area contributed by atoms with Crippen LogP contribution < -0.4 is 9.64 Å². The molecule has 1 aliphatic carbocycles. The monoisotopic (exact) mass is 441 g/mol. The zero-order valence-electron chi connectivity index (χ0n) is 20.7. The predicted octanol–water partition coefficient (Wildman–Crippen LogP) is 8.42. The van der Waals surface area contributed by atoms with Crippen molar-refractivity contribution < 1.29 is 4.74 Å². The van der Waals surface area contributed by atoms with Crippen LogP contribution in [-0.2, 0) is 6.54 Å². The van der Waals surface area contributed by atoms with Crippen molar-refractivity contribution in [1.82, 2.24) is 0 Å². The lowest BCUT2D eigenvalue weighted by Gasteiger charge is -2.26. The van der Waals surface area contributed by atoms with Crippen LogP contribution in [0, 0.1) is 30.6 Å². The molecule has 0 saturated heterocycles. The van der Waals surface area contributed by atoms with Gasteiger partial charge in [0.1, 0.15) is 5.75 Å². The number of hydrogen-bond donors (Lipinski definition) is 0. The highest BCUT2D eigenvalue weighted by Gasteiger charge is 2.35. The summed E-state index contributed by atoms with van der Waals surface area (Å²) in [4.78, 5) is 2.37. The first-order valence-electron chi connectivity index (χ1n) is 12.6. The van der Waals surface area contributed by atoms with E-state index in [1.165, 1.54) is 41.8 Å². The van der Waals surface area contributed by atoms with E-state index in [0.29, 0.717) is 5.92 Å². The summed E-state index contributed by atoms with van der Waals surface area (Å²) in [7, 11) is 0. The van der Waals surface area contributed by atoms with E-state index in [-0.39, 0.29) is 0 Å². The van der Waals surface area contributed by atoms with Crippen molar-refractivity contribution in [1.29, 1.82) is 0 Å². The Labute approximate surface area is 200 Å². The highest BCUT2D eigenvalue weighted by molar-refractivity contribution is 5.64. The minimum absolute atomic E-state index is 0.685. The van der Waals surface area contributed by atoms with Gasteiger partial charge < -0.3 is 9.64 Å². The second-order valence-electron chi connectivity index (χ2n) is 10.1. The first kappa shape index (κ1) is 23.4. The average molecular weight is 442 g/mol. The molecule has 3 atom stereocenters. The molecule has 0 bridgehead atoms. The second kappa shape index (κ2) is 10.9. The second-order valence-corrected chi connectivity index (χ2v) is 10.1. The maximum absolute atomic E-state index is 6.29. The third-order valence-electron chi connectivity index (χ3n) is 7.39. The Morgan fingerprint density at radius 3 is 2.27 bits per heavy atom. The standard InChI is InChI=1S/C31H39NO/c1-5-25-19-27(31(20-25)23(2)3)22-33-30-16-14-26(15-17-30)21-32(28-11-7-6-8-12-28)29-13-9-10-24(4)18-29/h6-18,23,25,27,31H,5,19-22H2,1-4H3. The number of aryl methyl sites for hydroxylation is 1. The van der Waals surface area contributed by atoms with Crippen molar-refractivity contribution in [2.24, 2.45) is 23.7 Å². The van der Waals surface area contributed by atoms with Gasteiger partial charge in [-0.2, -0.15) is 0 Å². The largest absolute Gasteiger partial charge is 0.493 e. The van der Waals surface area contributed by atoms with E-state index in [2.05, 4.69) is 111 Å². The zero-order valence-corrected chi connectivity index (χ0v) is 20.7. The summed E-state index contributed by atoms with van der Waals surface area (Å²) in [6.45, 7) is 10.9. The third-order valence-corrected chi connectivity index (χ3v) is 7.39. The molecule has 0 spiro atoms. The van der Waals surface area contributed by atoms with Crippen LogP contribution in [0.25, 0.3) is 0 Å². The molecule has 0 heterocycles. The molecule has 3 unspecified atom stereocenters. The Morgan fingerprint density at radius 1 is 0.879 bits per heavy atom. The smallest absolute Gasteiger partial charge is 0.119 e. The first-order valence-corrected chi connectivity index (χ1v) is 12.6. The molecule has 174 valence electrons. The van der Waals surface area contributed by atoms with E-state index >= 15 is 0 Å². The summed E-state index contributed by atoms with van der Waals surface area (Å²) >= 11 is 0. The van der Waals surface area contributed by atoms with E-state index < -0.39 is 0 Å². The predicted molar refractivity (Wildman–Crippen MR) is 140 cm³/mol. The number of nitrogens with zero attached hydrogens (tertiary/aromatic N) is 1. The fraction of sp³-hybridized carbons (Fsp3) is 0.419. The van der Waals surface area contributed by atoms with E-state index in [9.17, 15) is 0 Å². The maximum atomic E-state index is 6.29. The number of anilines is 2. The Bertz CT molecular complexity index is 995. The van der Waals surface area contributed by atoms with Gasteiger partial charge in [0.05, 0.1) is 6.61 Å². The summed E-state index contributed by atoms with van der Waals surface area (Å²) < 4.78 is 6.29. The summed E-state index contributed by atoms with van der Waals surface area (Å²) in [6.07, 6.45) is 3.99. The van der Waals surface area contributed by atoms with Crippen LogP contribution in [0.2, 0.25) is 0 Å². The fourth-order valence-corrected chi connectivity index (χ4v) is 5.43. The van der Waals surface area contributed by atoms with Gasteiger partial charge in [0, 0.05) is 17.9 Å². The van der Waals surface area contributed by atoms with Crippen LogP contribution in [0.1, 0.15) is 51.2 Å². The quantitative estimate of drug-likeness (QED) is 0.330. The van der Waals surface area contributed by atoms with E-state index in [1.54, 1.807) is 0 Å². The molecule has 3 aromatic carbocycles. The highest BCUT2D eigenvalue weighted by Crippen LogP contribution is 2.42. The van der Waals surface area contributed by atoms with E-state index in [1.807, 2.05) is 0 Å². The topological polar surface area (TPSA) is 12.5 Å². The van der Waals surface area contributed by atoms with Crippen molar-refractivity contribution in [2.75, 3.05) is 11.5 Å². The Balaban J connectivity index is 1.43. The van der Waals surface area contributed by atoms with Gasteiger partial charge in [-0.3, -0.25) is 0 Å². The molecule has 0 amide bonds. The minimum atomic E-state index is 0.685. The average Bonchev–Trinajstić information content (AvgIpc) is 3.26. The number of hydrogen-bond acceptors (Lipinski definition) is 2. The van der Waals surface area contributed by atoms with Crippen LogP contribution in [0.5, 0.6) is 5.75 Å². The highest BCUT2D eigenvalue weighted by atomic mass is 16.5. The third kappa shape index (κ3) is 5.99. The SMILES string of the molecule is CCC1CC(COc2ccc(CN(c3ccccc3)c3cccc(C)c3)cc2)C(C(C)C)C1. The van der Waals surface area contributed by atoms with Crippen molar-refractivity contribution in [2.45, 2.75) is 53.5 Å². The Hall–Kier alpha value is -2.74. The van der Waals surface area contributed by atoms with Crippen LogP contribution in [0.15, 0.2) is 78.9 Å². The summed E-state index contributed by atoms with van der Waals surface area (Å²) in [5, 5.41) is 0. The zero-order chi connectivity index (χ0) is 23.2. The molecular weight excluding hydrogens is 402 g/mol. The van der Waals surface area contributed by atoms with Crippen molar-refractivity contribution in [3.05, 3.63) is 90.0 Å². The number of benzene rings is 3. The van der Waals surface area contributed by atoms with Gasteiger partial charge in [0.25, 0.3) is 0 Å². The maximum Gasteiger partial charge on any atom is 0.119 e. The van der Waals surface area contributed by atoms with Gasteiger partial charge in [-0.15, -0.1) is 0 Å². The molecule has 1 saturated carbocycles. The van der Waals surface area contributed by atoms with Gasteiger partial charge in [-0.05, 0) is 91.0 Å². The van der Waals surface area contributed by atoms with E-state index in [0.717, 1.165) is 36.7 Å². The normalized spacial score (nSPS) is 20.2. The lowest BCUT2D eigenvalue weighted by Crippen LogP contribution is -2.20. The summed E-state index contributed by atoms with van der Waals surface area (Å²) in [5.41, 5.74) is 4.97. The van der Waals surface area contributed by atoms with Crippen LogP contribution in [0.3, 0.4) is 0 Å². The molecule has 3 aromatic rings. The molecule has 0 radical (unpaired) electrons. The molecule has 0 N–H and O–H groups in total. The summed E-state index contributed by atoms with van der Waals surface area (Å²) in [5.74, 6) is 4.08. The van der Waals surface area contributed by atoms with Gasteiger partial charge in [0.15, 0.2) is 0 Å². The Morgan fingerprint density at radius 2 is 1.61 bits per heavy atom. The van der Waals surface area contributed by atoms with Gasteiger partial charge >= 0.3 is 0 Å². The number of ether oxygens (including phenoxy) is 1. The van der Waals surface area contributed by atoms with Crippen LogP contribution >= 0.6 is 0 Å². The first-order chi connectivity index (χ1) is 16.0. The molecule has 1 aliphatic rings. The molecule has 4 rings (SSSR count). The Kier molecular flexibility index (Phi) is 7.75. The van der Waals surface area contributed by atoms with Crippen molar-refractivity contribution in [3.8, 4) is 5.75 Å².